The number of nitrogens with one attached hydrogen (secondary N) is 8. The zero-order valence-corrected chi connectivity index (χ0v) is 62.6. The lowest BCUT2D eigenvalue weighted by Crippen LogP contribution is -2.48. The number of likely N-dealkylation sites (N-methyl/N-ethyl adjacent to an activating group) is 2. The molecule has 8 amide bonds. The van der Waals surface area contributed by atoms with E-state index in [-0.39, 0.29) is 141 Å². The highest BCUT2D eigenvalue weighted by molar-refractivity contribution is 5.82. The molecule has 0 bridgehead atoms. The van der Waals surface area contributed by atoms with Gasteiger partial charge < -0.3 is 63.8 Å². The first-order valence-corrected chi connectivity index (χ1v) is 33.2. The van der Waals surface area contributed by atoms with Crippen molar-refractivity contribution < 1.29 is 42.7 Å². The Kier molecular flexibility index (Phi) is 62.4. The predicted octanol–water partition coefficient (Wildman–Crippen LogP) is 8.24. The summed E-state index contributed by atoms with van der Waals surface area (Å²) in [7, 11) is 5.87. The van der Waals surface area contributed by atoms with Gasteiger partial charge in [0.15, 0.2) is 0 Å². The zero-order valence-electron chi connectivity index (χ0n) is 62.6. The van der Waals surface area contributed by atoms with Crippen LogP contribution in [0.15, 0.2) is 0 Å². The van der Waals surface area contributed by atoms with Crippen molar-refractivity contribution >= 4 is 47.3 Å². The van der Waals surface area contributed by atoms with Crippen molar-refractivity contribution in [2.75, 3.05) is 80.0 Å². The number of carbonyl (C=O) groups excluding carboxylic acids is 8. The number of piperidine rings is 1. The molecular formula is C70H153FN14O8. The molecule has 3 rings (SSSR count). The summed E-state index contributed by atoms with van der Waals surface area (Å²) in [5, 5.41) is 22.5. The van der Waals surface area contributed by atoms with E-state index in [0.29, 0.717) is 38.9 Å². The van der Waals surface area contributed by atoms with Crippen LogP contribution in [0.1, 0.15) is 241 Å². The number of rotatable bonds is 20. The number of likely N-dealkylation sites (tertiary alicyclic amines) is 1. The van der Waals surface area contributed by atoms with Crippen LogP contribution in [-0.2, 0) is 38.4 Å². The Hall–Kier alpha value is -4.55. The van der Waals surface area contributed by atoms with Gasteiger partial charge in [-0.3, -0.25) is 48.2 Å². The van der Waals surface area contributed by atoms with Crippen LogP contribution in [0.4, 0.5) is 4.39 Å². The summed E-state index contributed by atoms with van der Waals surface area (Å²) in [6, 6.07) is 0.973. The molecular weight excluding hydrogens is 1180 g/mol. The Morgan fingerprint density at radius 3 is 1.02 bits per heavy atom. The maximum absolute atomic E-state index is 13.0. The second-order valence-electron chi connectivity index (χ2n) is 29.5. The van der Waals surface area contributed by atoms with Gasteiger partial charge in [0.1, 0.15) is 5.67 Å². The molecule has 5 atom stereocenters. The van der Waals surface area contributed by atoms with Crippen LogP contribution in [0.3, 0.4) is 0 Å². The monoisotopic (exact) mass is 1340 g/mol. The minimum absolute atomic E-state index is 0. The highest BCUT2D eigenvalue weighted by Gasteiger charge is 2.51. The van der Waals surface area contributed by atoms with Crippen molar-refractivity contribution in [3.8, 4) is 0 Å². The van der Waals surface area contributed by atoms with Crippen LogP contribution < -0.4 is 54.0 Å². The number of hydrogen-bond donors (Lipinski definition) is 10. The molecule has 22 nitrogen and oxygen atoms in total. The maximum atomic E-state index is 13.0. The molecule has 23 heteroatoms. The third-order valence-corrected chi connectivity index (χ3v) is 12.8. The van der Waals surface area contributed by atoms with Crippen molar-refractivity contribution in [2.45, 2.75) is 307 Å². The summed E-state index contributed by atoms with van der Waals surface area (Å²) >= 11 is 0. The summed E-state index contributed by atoms with van der Waals surface area (Å²) < 4.78 is 13.0. The number of carbonyl (C=O) groups is 8. The summed E-state index contributed by atoms with van der Waals surface area (Å²) in [4.78, 5) is 97.5. The second-order valence-corrected chi connectivity index (χ2v) is 29.5. The first-order valence-electron chi connectivity index (χ1n) is 33.2. The smallest absolute Gasteiger partial charge is 0.236 e. The lowest BCUT2D eigenvalue weighted by atomic mass is 9.81. The third-order valence-electron chi connectivity index (χ3n) is 12.8. The molecule has 558 valence electrons. The standard InChI is InChI=1S/C10H21N3O.C10H20N2O.C10H21NO.C9H16FNO.C9H19NO.C7H16N2O.2C6H14N2O.3CH4/c1-9(2)11-10(14)8-13-6-4-12(3)5-7-13;1-9(2)11-10(13)8-12-6-4-3-5-7-12;1-7(2)11-9(12)8(3)10(4,5)6;1-6(2)11-8(12)4-7-5-9(7,3)10;1-7(2)10-8(11)6-9(3,4)5;1-6(2)8-7(10)5-9(3)4;2*1-4(2)8-6(9)5(3)7;;;/h9H,4-8H2,1-3H3,(H,11,14);9H,3-8H2,1-2H3,(H,11,13);7-8H,1-6H3,(H,11,12);6-7H,4-5H2,1-3H3,(H,11,12);7H,6H2,1-5H3,(H,10,11);6H,5H2,1-4H3,(H,8,10);2*4-5H,7H2,1-3H3,(H,8,9);3*1H4/t;;8-;;;;2*5-;;;/m..1...10.../s1. The van der Waals surface area contributed by atoms with Gasteiger partial charge in [-0.1, -0.05) is 77.2 Å². The fourth-order valence-electron chi connectivity index (χ4n) is 7.72. The van der Waals surface area contributed by atoms with Gasteiger partial charge in [0.25, 0.3) is 0 Å². The molecule has 0 aromatic heterocycles. The first-order chi connectivity index (χ1) is 40.8. The molecule has 3 fully saturated rings. The largest absolute Gasteiger partial charge is 0.354 e. The number of nitrogens with two attached hydrogens (primary N) is 2. The summed E-state index contributed by atoms with van der Waals surface area (Å²) in [5.41, 5.74) is 9.62. The Balaban J connectivity index is -0.000000148. The van der Waals surface area contributed by atoms with Crippen LogP contribution in [-0.4, -0.2) is 213 Å². The average molecular weight is 1340 g/mol. The molecule has 2 unspecified atom stereocenters. The second kappa shape index (κ2) is 55.6. The van der Waals surface area contributed by atoms with Crippen molar-refractivity contribution in [2.24, 2.45) is 34.1 Å². The molecule has 0 spiro atoms. The molecule has 2 heterocycles. The van der Waals surface area contributed by atoms with E-state index < -0.39 is 17.8 Å². The highest BCUT2D eigenvalue weighted by atomic mass is 19.1. The van der Waals surface area contributed by atoms with Gasteiger partial charge in [0, 0.05) is 99.2 Å². The van der Waals surface area contributed by atoms with Gasteiger partial charge in [0.2, 0.25) is 47.3 Å². The minimum atomic E-state index is -1.08. The molecule has 2 aliphatic heterocycles. The highest BCUT2D eigenvalue weighted by Crippen LogP contribution is 2.48. The van der Waals surface area contributed by atoms with E-state index in [2.05, 4.69) is 106 Å². The lowest BCUT2D eigenvalue weighted by Gasteiger charge is -2.31. The number of amides is 8. The van der Waals surface area contributed by atoms with Crippen molar-refractivity contribution in [3.05, 3.63) is 0 Å². The molecule has 0 aromatic rings. The fraction of sp³-hybridized carbons (Fsp3) is 0.886. The van der Waals surface area contributed by atoms with E-state index in [0.717, 1.165) is 39.3 Å². The number of alkyl halides is 1. The first kappa shape index (κ1) is 105. The van der Waals surface area contributed by atoms with Crippen molar-refractivity contribution in [1.82, 2.24) is 62.1 Å². The molecule has 1 saturated carbocycles. The molecule has 12 N–H and O–H groups in total. The minimum Gasteiger partial charge on any atom is -0.354 e. The Bertz CT molecular complexity index is 1920. The number of halogens is 1. The quantitative estimate of drug-likeness (QED) is 0.0549. The van der Waals surface area contributed by atoms with E-state index in [9.17, 15) is 42.7 Å². The normalized spacial score (nSPS) is 17.0. The topological polar surface area (TPSA) is 298 Å². The number of piperazine rings is 1. The van der Waals surface area contributed by atoms with Crippen LogP contribution in [0.5, 0.6) is 0 Å². The van der Waals surface area contributed by atoms with Gasteiger partial charge in [-0.2, -0.15) is 0 Å². The van der Waals surface area contributed by atoms with Gasteiger partial charge in [0.05, 0.1) is 31.7 Å². The average Bonchev–Trinajstić information content (AvgIpc) is 1.70. The molecule has 0 radical (unpaired) electrons. The van der Waals surface area contributed by atoms with Crippen LogP contribution in [0.2, 0.25) is 0 Å². The molecule has 93 heavy (non-hydrogen) atoms. The Labute approximate surface area is 571 Å². The van der Waals surface area contributed by atoms with E-state index >= 15 is 0 Å². The van der Waals surface area contributed by atoms with Gasteiger partial charge in [-0.05, 0) is 196 Å². The SMILES string of the molecule is C.C.C.CC(C)NC(=O)CC(C)(C)C.CC(C)NC(=O)CC1CC1(C)F.CC(C)NC(=O)CN(C)C.CC(C)NC(=O)CN1CCCCC1.CC(C)NC(=O)CN1CCN(C)CC1.CC(C)NC(=O)[C@@H](C)C(C)(C)C.CC(C)NC(=O)[C@@H](C)N.CC(C)NC(=O)[C@H](C)N. The molecule has 0 aromatic carbocycles. The van der Waals surface area contributed by atoms with E-state index in [1.165, 1.54) is 19.3 Å². The zero-order chi connectivity index (χ0) is 71.6. The van der Waals surface area contributed by atoms with Crippen molar-refractivity contribution in [3.63, 3.8) is 0 Å². The van der Waals surface area contributed by atoms with Crippen molar-refractivity contribution in [1.29, 1.82) is 0 Å². The maximum Gasteiger partial charge on any atom is 0.236 e. The van der Waals surface area contributed by atoms with Crippen LogP contribution in [0.25, 0.3) is 0 Å². The summed E-state index contributed by atoms with van der Waals surface area (Å²) in [6.07, 6.45) is 5.29. The number of hydrogen-bond acceptors (Lipinski definition) is 14. The Morgan fingerprint density at radius 2 is 0.753 bits per heavy atom. The third kappa shape index (κ3) is 73.1. The van der Waals surface area contributed by atoms with Gasteiger partial charge >= 0.3 is 0 Å². The molecule has 3 aliphatic rings. The number of nitrogens with zero attached hydrogens (tertiary/aromatic N) is 4. The van der Waals surface area contributed by atoms with E-state index in [4.69, 9.17) is 11.5 Å². The van der Waals surface area contributed by atoms with E-state index in [1.54, 1.807) is 20.8 Å². The van der Waals surface area contributed by atoms with Gasteiger partial charge in [-0.25, -0.2) is 4.39 Å². The van der Waals surface area contributed by atoms with E-state index in [1.807, 2.05) is 137 Å². The lowest BCUT2D eigenvalue weighted by molar-refractivity contribution is -0.128. The molecule has 2 saturated heterocycles. The van der Waals surface area contributed by atoms with Crippen LogP contribution in [0, 0.1) is 22.7 Å². The molecule has 1 aliphatic carbocycles. The van der Waals surface area contributed by atoms with Gasteiger partial charge in [-0.15, -0.1) is 0 Å². The van der Waals surface area contributed by atoms with Crippen LogP contribution >= 0.6 is 0 Å². The summed E-state index contributed by atoms with van der Waals surface area (Å²) in [6.45, 7) is 58.4. The summed E-state index contributed by atoms with van der Waals surface area (Å²) in [5.74, 6) is 0.494. The fourth-order valence-corrected chi connectivity index (χ4v) is 7.72. The Morgan fingerprint density at radius 1 is 0.462 bits per heavy atom. The predicted molar refractivity (Wildman–Crippen MR) is 391 cm³/mol.